The number of rotatable bonds is 5. The average molecular weight is 251 g/mol. The molecule has 2 rings (SSSR count). The maximum atomic E-state index is 9.46. The van der Waals surface area contributed by atoms with Gasteiger partial charge in [-0.05, 0) is 19.3 Å². The molecule has 1 aromatic heterocycles. The van der Waals surface area contributed by atoms with Crippen molar-refractivity contribution in [1.82, 2.24) is 9.97 Å². The maximum absolute atomic E-state index is 9.46. The molecule has 0 atom stereocenters. The second-order valence-electron chi connectivity index (χ2n) is 5.21. The van der Waals surface area contributed by atoms with Crippen molar-refractivity contribution in [1.29, 1.82) is 0 Å². The summed E-state index contributed by atoms with van der Waals surface area (Å²) in [6, 6.07) is 1.77. The molecule has 1 heterocycles. The molecule has 0 unspecified atom stereocenters. The third-order valence-corrected chi connectivity index (χ3v) is 3.41. The Kier molecular flexibility index (Phi) is 3.68. The number of aliphatic hydroxyl groups excluding tert-OH is 1. The molecule has 1 aromatic rings. The molecule has 0 aliphatic heterocycles. The topological polar surface area (TPSA) is 96.1 Å². The highest BCUT2D eigenvalue weighted by Gasteiger charge is 2.36. The van der Waals surface area contributed by atoms with Crippen LogP contribution in [0.2, 0.25) is 0 Å². The van der Waals surface area contributed by atoms with Gasteiger partial charge in [-0.3, -0.25) is 0 Å². The second-order valence-corrected chi connectivity index (χ2v) is 5.21. The van der Waals surface area contributed by atoms with Crippen molar-refractivity contribution < 1.29 is 5.11 Å². The Bertz CT molecular complexity index is 411. The number of aliphatic hydroxyl groups is 1. The fraction of sp³-hybridized carbons (Fsp3) is 0.667. The van der Waals surface area contributed by atoms with Crippen molar-refractivity contribution in [2.24, 2.45) is 5.84 Å². The Morgan fingerprint density at radius 2 is 2.06 bits per heavy atom. The molecule has 0 radical (unpaired) electrons. The van der Waals surface area contributed by atoms with E-state index >= 15 is 0 Å². The molecule has 5 N–H and O–H groups in total. The zero-order chi connectivity index (χ0) is 13.2. The Labute approximate surface area is 107 Å². The summed E-state index contributed by atoms with van der Waals surface area (Å²) in [5, 5.41) is 12.8. The number of nitrogens with one attached hydrogen (secondary N) is 2. The zero-order valence-corrected chi connectivity index (χ0v) is 10.9. The molecule has 1 aliphatic rings. The highest BCUT2D eigenvalue weighted by molar-refractivity contribution is 5.49. The largest absolute Gasteiger partial charge is 0.394 e. The van der Waals surface area contributed by atoms with Gasteiger partial charge in [-0.15, -0.1) is 0 Å². The van der Waals surface area contributed by atoms with Crippen molar-refractivity contribution in [3.05, 3.63) is 11.9 Å². The highest BCUT2D eigenvalue weighted by Crippen LogP contribution is 2.34. The van der Waals surface area contributed by atoms with E-state index in [1.54, 1.807) is 6.07 Å². The van der Waals surface area contributed by atoms with Gasteiger partial charge in [0.2, 0.25) is 0 Å². The second kappa shape index (κ2) is 5.07. The highest BCUT2D eigenvalue weighted by atomic mass is 16.3. The molecular weight excluding hydrogens is 230 g/mol. The van der Waals surface area contributed by atoms with E-state index in [0.29, 0.717) is 5.82 Å². The summed E-state index contributed by atoms with van der Waals surface area (Å²) in [4.78, 5) is 8.77. The zero-order valence-electron chi connectivity index (χ0n) is 10.9. The number of hydrogen-bond donors (Lipinski definition) is 4. The summed E-state index contributed by atoms with van der Waals surface area (Å²) in [6.45, 7) is 4.19. The number of aromatic nitrogens is 2. The molecule has 0 spiro atoms. The first kappa shape index (κ1) is 13.0. The third-order valence-electron chi connectivity index (χ3n) is 3.41. The number of hydrogen-bond acceptors (Lipinski definition) is 6. The quantitative estimate of drug-likeness (QED) is 0.464. The summed E-state index contributed by atoms with van der Waals surface area (Å²) < 4.78 is 0. The van der Waals surface area contributed by atoms with Gasteiger partial charge in [-0.1, -0.05) is 13.8 Å². The Balaban J connectivity index is 2.23. The predicted molar refractivity (Wildman–Crippen MR) is 71.2 cm³/mol. The van der Waals surface area contributed by atoms with E-state index in [1.165, 1.54) is 0 Å². The molecule has 18 heavy (non-hydrogen) atoms. The first-order valence-electron chi connectivity index (χ1n) is 6.33. The lowest BCUT2D eigenvalue weighted by Crippen LogP contribution is -2.48. The minimum absolute atomic E-state index is 0.124. The summed E-state index contributed by atoms with van der Waals surface area (Å²) in [6.07, 6.45) is 3.07. The van der Waals surface area contributed by atoms with Crippen LogP contribution in [0.3, 0.4) is 0 Å². The van der Waals surface area contributed by atoms with Crippen LogP contribution >= 0.6 is 0 Å². The standard InChI is InChI=1S/C12H21N5O/c1-8(2)11-14-9(6-10(15-11)17-13)16-12(7-18)4-3-5-12/h6,8,18H,3-5,7,13H2,1-2H3,(H2,14,15,16,17). The summed E-state index contributed by atoms with van der Waals surface area (Å²) >= 11 is 0. The van der Waals surface area contributed by atoms with Gasteiger partial charge in [-0.25, -0.2) is 15.8 Å². The van der Waals surface area contributed by atoms with Gasteiger partial charge >= 0.3 is 0 Å². The van der Waals surface area contributed by atoms with Crippen LogP contribution in [0.1, 0.15) is 44.9 Å². The lowest BCUT2D eigenvalue weighted by molar-refractivity contribution is 0.144. The van der Waals surface area contributed by atoms with E-state index in [1.807, 2.05) is 13.8 Å². The van der Waals surface area contributed by atoms with Crippen molar-refractivity contribution in [2.75, 3.05) is 17.3 Å². The van der Waals surface area contributed by atoms with Gasteiger partial charge in [0.15, 0.2) is 0 Å². The third kappa shape index (κ3) is 2.54. The molecule has 0 aromatic carbocycles. The average Bonchev–Trinajstić information content (AvgIpc) is 2.33. The lowest BCUT2D eigenvalue weighted by Gasteiger charge is -2.41. The summed E-state index contributed by atoms with van der Waals surface area (Å²) in [5.74, 6) is 7.68. The molecule has 0 amide bonds. The maximum Gasteiger partial charge on any atom is 0.145 e. The van der Waals surface area contributed by atoms with Crippen molar-refractivity contribution in [2.45, 2.75) is 44.6 Å². The minimum atomic E-state index is -0.214. The number of anilines is 2. The van der Waals surface area contributed by atoms with Crippen LogP contribution in [0.4, 0.5) is 11.6 Å². The molecule has 0 bridgehead atoms. The Morgan fingerprint density at radius 1 is 1.39 bits per heavy atom. The Morgan fingerprint density at radius 3 is 2.50 bits per heavy atom. The van der Waals surface area contributed by atoms with Crippen LogP contribution < -0.4 is 16.6 Å². The summed E-state index contributed by atoms with van der Waals surface area (Å²) in [5.41, 5.74) is 2.34. The minimum Gasteiger partial charge on any atom is -0.394 e. The monoisotopic (exact) mass is 251 g/mol. The molecule has 6 heteroatoms. The van der Waals surface area contributed by atoms with Crippen molar-refractivity contribution >= 4 is 11.6 Å². The molecule has 0 saturated heterocycles. The van der Waals surface area contributed by atoms with Crippen molar-refractivity contribution in [3.63, 3.8) is 0 Å². The van der Waals surface area contributed by atoms with Crippen LogP contribution in [0.15, 0.2) is 6.07 Å². The van der Waals surface area contributed by atoms with Crippen molar-refractivity contribution in [3.8, 4) is 0 Å². The Hall–Kier alpha value is -1.40. The number of nitrogens with zero attached hydrogens (tertiary/aromatic N) is 2. The van der Waals surface area contributed by atoms with E-state index in [9.17, 15) is 5.11 Å². The molecular formula is C12H21N5O. The van der Waals surface area contributed by atoms with E-state index in [2.05, 4.69) is 20.7 Å². The number of nitrogens with two attached hydrogens (primary N) is 1. The molecule has 6 nitrogen and oxygen atoms in total. The fourth-order valence-electron chi connectivity index (χ4n) is 2.06. The predicted octanol–water partition coefficient (Wildman–Crippen LogP) is 1.21. The van der Waals surface area contributed by atoms with Gasteiger partial charge in [0, 0.05) is 12.0 Å². The summed E-state index contributed by atoms with van der Waals surface area (Å²) in [7, 11) is 0. The van der Waals surface area contributed by atoms with Crippen LogP contribution in [0, 0.1) is 0 Å². The lowest BCUT2D eigenvalue weighted by atomic mass is 9.77. The van der Waals surface area contributed by atoms with Crippen LogP contribution in [0.25, 0.3) is 0 Å². The number of hydrazine groups is 1. The fourth-order valence-corrected chi connectivity index (χ4v) is 2.06. The molecule has 1 saturated carbocycles. The van der Waals surface area contributed by atoms with Gasteiger partial charge in [0.05, 0.1) is 12.1 Å². The van der Waals surface area contributed by atoms with Crippen LogP contribution in [-0.4, -0.2) is 27.2 Å². The van der Waals surface area contributed by atoms with Crippen LogP contribution in [-0.2, 0) is 0 Å². The number of nitrogen functional groups attached to an aromatic ring is 1. The van der Waals surface area contributed by atoms with E-state index in [0.717, 1.165) is 30.9 Å². The first-order chi connectivity index (χ1) is 8.58. The van der Waals surface area contributed by atoms with Gasteiger partial charge in [0.1, 0.15) is 17.5 Å². The van der Waals surface area contributed by atoms with Crippen LogP contribution in [0.5, 0.6) is 0 Å². The molecule has 100 valence electrons. The van der Waals surface area contributed by atoms with E-state index in [-0.39, 0.29) is 18.1 Å². The van der Waals surface area contributed by atoms with E-state index in [4.69, 9.17) is 5.84 Å². The normalized spacial score (nSPS) is 17.4. The van der Waals surface area contributed by atoms with Gasteiger partial charge in [-0.2, -0.15) is 0 Å². The van der Waals surface area contributed by atoms with E-state index < -0.39 is 0 Å². The molecule has 1 aliphatic carbocycles. The first-order valence-corrected chi connectivity index (χ1v) is 6.33. The SMILES string of the molecule is CC(C)c1nc(NN)cc(NC2(CO)CCC2)n1. The smallest absolute Gasteiger partial charge is 0.145 e. The van der Waals surface area contributed by atoms with Gasteiger partial charge in [0.25, 0.3) is 0 Å². The van der Waals surface area contributed by atoms with Gasteiger partial charge < -0.3 is 15.8 Å². The molecule has 1 fully saturated rings.